The molecule has 1 heterocycles. The molecule has 2 rings (SSSR count). The Hall–Kier alpha value is -1.26. The van der Waals surface area contributed by atoms with Gasteiger partial charge in [-0.25, -0.2) is 0 Å². The standard InChI is InChI=1S/C14H18ClNO3/c1-14(13(17)18)6-3-7-16(14)9-10-4-5-12(19-2)11(15)8-10/h4-5,8H,3,6-7,9H2,1-2H3,(H,17,18). The van der Waals surface area contributed by atoms with Gasteiger partial charge in [0.05, 0.1) is 12.1 Å². The number of halogens is 1. The van der Waals surface area contributed by atoms with Gasteiger partial charge in [-0.15, -0.1) is 0 Å². The Morgan fingerprint density at radius 3 is 2.89 bits per heavy atom. The molecule has 4 nitrogen and oxygen atoms in total. The molecule has 1 atom stereocenters. The van der Waals surface area contributed by atoms with Gasteiger partial charge < -0.3 is 9.84 Å². The van der Waals surface area contributed by atoms with Crippen LogP contribution in [-0.4, -0.2) is 35.2 Å². The van der Waals surface area contributed by atoms with Gasteiger partial charge in [0.1, 0.15) is 11.3 Å². The third kappa shape index (κ3) is 2.69. The van der Waals surface area contributed by atoms with Crippen LogP contribution in [0.3, 0.4) is 0 Å². The average Bonchev–Trinajstić information content (AvgIpc) is 2.73. The quantitative estimate of drug-likeness (QED) is 0.923. The minimum absolute atomic E-state index is 0.552. The van der Waals surface area contributed by atoms with E-state index >= 15 is 0 Å². The number of carbonyl (C=O) groups is 1. The normalized spacial score (nSPS) is 23.5. The number of methoxy groups -OCH3 is 1. The van der Waals surface area contributed by atoms with Crippen LogP contribution in [-0.2, 0) is 11.3 Å². The van der Waals surface area contributed by atoms with E-state index < -0.39 is 11.5 Å². The molecule has 19 heavy (non-hydrogen) atoms. The van der Waals surface area contributed by atoms with Gasteiger partial charge in [0, 0.05) is 6.54 Å². The van der Waals surface area contributed by atoms with Crippen molar-refractivity contribution in [3.8, 4) is 5.75 Å². The maximum atomic E-state index is 11.4. The number of likely N-dealkylation sites (tertiary alicyclic amines) is 1. The predicted molar refractivity (Wildman–Crippen MR) is 73.7 cm³/mol. The van der Waals surface area contributed by atoms with Crippen molar-refractivity contribution in [3.05, 3.63) is 28.8 Å². The van der Waals surface area contributed by atoms with Gasteiger partial charge in [-0.2, -0.15) is 0 Å². The molecular formula is C14H18ClNO3. The van der Waals surface area contributed by atoms with Gasteiger partial charge in [-0.05, 0) is 44.0 Å². The van der Waals surface area contributed by atoms with Crippen molar-refractivity contribution >= 4 is 17.6 Å². The second-order valence-electron chi connectivity index (χ2n) is 5.07. The van der Waals surface area contributed by atoms with E-state index in [-0.39, 0.29) is 0 Å². The zero-order chi connectivity index (χ0) is 14.0. The smallest absolute Gasteiger partial charge is 0.323 e. The fourth-order valence-corrected chi connectivity index (χ4v) is 2.82. The van der Waals surface area contributed by atoms with Crippen LogP contribution in [0, 0.1) is 0 Å². The number of rotatable bonds is 4. The highest BCUT2D eigenvalue weighted by molar-refractivity contribution is 6.32. The highest BCUT2D eigenvalue weighted by Crippen LogP contribution is 2.32. The highest BCUT2D eigenvalue weighted by Gasteiger charge is 2.43. The van der Waals surface area contributed by atoms with Crippen molar-refractivity contribution < 1.29 is 14.6 Å². The van der Waals surface area contributed by atoms with E-state index in [0.29, 0.717) is 23.7 Å². The number of carboxylic acid groups (broad SMARTS) is 1. The number of carboxylic acids is 1. The van der Waals surface area contributed by atoms with Crippen LogP contribution >= 0.6 is 11.6 Å². The molecule has 1 aliphatic heterocycles. The second kappa shape index (κ2) is 5.39. The molecule has 0 bridgehead atoms. The minimum Gasteiger partial charge on any atom is -0.495 e. The molecular weight excluding hydrogens is 266 g/mol. The van der Waals surface area contributed by atoms with E-state index in [1.54, 1.807) is 14.0 Å². The van der Waals surface area contributed by atoms with Crippen LogP contribution in [0.25, 0.3) is 0 Å². The molecule has 0 radical (unpaired) electrons. The highest BCUT2D eigenvalue weighted by atomic mass is 35.5. The molecule has 0 spiro atoms. The molecule has 1 fully saturated rings. The van der Waals surface area contributed by atoms with Crippen molar-refractivity contribution in [3.63, 3.8) is 0 Å². The fourth-order valence-electron chi connectivity index (χ4n) is 2.54. The number of hydrogen-bond acceptors (Lipinski definition) is 3. The van der Waals surface area contributed by atoms with Crippen molar-refractivity contribution in [2.24, 2.45) is 0 Å². The summed E-state index contributed by atoms with van der Waals surface area (Å²) < 4.78 is 5.11. The Kier molecular flexibility index (Phi) is 4.02. The number of hydrogen-bond donors (Lipinski definition) is 1. The molecule has 1 unspecified atom stereocenters. The van der Waals surface area contributed by atoms with Crippen LogP contribution < -0.4 is 4.74 Å². The van der Waals surface area contributed by atoms with Gasteiger partial charge >= 0.3 is 5.97 Å². The lowest BCUT2D eigenvalue weighted by atomic mass is 9.99. The summed E-state index contributed by atoms with van der Waals surface area (Å²) >= 11 is 6.09. The van der Waals surface area contributed by atoms with Gasteiger partial charge in [-0.3, -0.25) is 9.69 Å². The number of benzene rings is 1. The lowest BCUT2D eigenvalue weighted by Gasteiger charge is -2.31. The third-order valence-corrected chi connectivity index (χ3v) is 4.14. The van der Waals surface area contributed by atoms with E-state index in [4.69, 9.17) is 16.3 Å². The Morgan fingerprint density at radius 2 is 2.32 bits per heavy atom. The van der Waals surface area contributed by atoms with Gasteiger partial charge in [0.15, 0.2) is 0 Å². The number of ether oxygens (including phenoxy) is 1. The molecule has 5 heteroatoms. The van der Waals surface area contributed by atoms with E-state index in [9.17, 15) is 9.90 Å². The fraction of sp³-hybridized carbons (Fsp3) is 0.500. The van der Waals surface area contributed by atoms with E-state index in [2.05, 4.69) is 0 Å². The van der Waals surface area contributed by atoms with Crippen LogP contribution in [0.5, 0.6) is 5.75 Å². The molecule has 1 aromatic carbocycles. The summed E-state index contributed by atoms with van der Waals surface area (Å²) in [5.41, 5.74) is 0.229. The molecule has 1 saturated heterocycles. The topological polar surface area (TPSA) is 49.8 Å². The van der Waals surface area contributed by atoms with Gasteiger partial charge in [0.25, 0.3) is 0 Å². The first-order chi connectivity index (χ1) is 8.97. The summed E-state index contributed by atoms with van der Waals surface area (Å²) in [5.74, 6) is -0.127. The lowest BCUT2D eigenvalue weighted by Crippen LogP contribution is -2.47. The Balaban J connectivity index is 2.17. The molecule has 0 saturated carbocycles. The van der Waals surface area contributed by atoms with Crippen molar-refractivity contribution in [2.45, 2.75) is 31.8 Å². The molecule has 0 aliphatic carbocycles. The Bertz CT molecular complexity index is 492. The first kappa shape index (κ1) is 14.2. The monoisotopic (exact) mass is 283 g/mol. The largest absolute Gasteiger partial charge is 0.495 e. The van der Waals surface area contributed by atoms with E-state index in [1.165, 1.54) is 0 Å². The molecule has 0 amide bonds. The SMILES string of the molecule is COc1ccc(CN2CCCC2(C)C(=O)O)cc1Cl. The summed E-state index contributed by atoms with van der Waals surface area (Å²) in [7, 11) is 1.57. The van der Waals surface area contributed by atoms with E-state index in [1.807, 2.05) is 23.1 Å². The van der Waals surface area contributed by atoms with Crippen LogP contribution in [0.15, 0.2) is 18.2 Å². The average molecular weight is 284 g/mol. The molecule has 1 aliphatic rings. The van der Waals surface area contributed by atoms with Gasteiger partial charge in [0.2, 0.25) is 0 Å². The van der Waals surface area contributed by atoms with E-state index in [0.717, 1.165) is 18.5 Å². The van der Waals surface area contributed by atoms with Crippen molar-refractivity contribution in [1.29, 1.82) is 0 Å². The maximum Gasteiger partial charge on any atom is 0.323 e. The zero-order valence-corrected chi connectivity index (χ0v) is 11.9. The summed E-state index contributed by atoms with van der Waals surface area (Å²) in [6.07, 6.45) is 1.60. The lowest BCUT2D eigenvalue weighted by molar-refractivity contribution is -0.148. The molecule has 0 aromatic heterocycles. The molecule has 1 aromatic rings. The van der Waals surface area contributed by atoms with Crippen LogP contribution in [0.4, 0.5) is 0 Å². The summed E-state index contributed by atoms with van der Waals surface area (Å²) in [6.45, 7) is 3.17. The van der Waals surface area contributed by atoms with Crippen LogP contribution in [0.1, 0.15) is 25.3 Å². The summed E-state index contributed by atoms with van der Waals surface area (Å²) in [5, 5.41) is 9.92. The first-order valence-electron chi connectivity index (χ1n) is 6.28. The first-order valence-corrected chi connectivity index (χ1v) is 6.66. The van der Waals surface area contributed by atoms with Crippen molar-refractivity contribution in [1.82, 2.24) is 4.90 Å². The molecule has 1 N–H and O–H groups in total. The summed E-state index contributed by atoms with van der Waals surface area (Å²) in [4.78, 5) is 13.4. The zero-order valence-electron chi connectivity index (χ0n) is 11.1. The second-order valence-corrected chi connectivity index (χ2v) is 5.48. The Morgan fingerprint density at radius 1 is 1.58 bits per heavy atom. The number of aliphatic carboxylic acids is 1. The predicted octanol–water partition coefficient (Wildman–Crippen LogP) is 2.79. The Labute approximate surface area is 117 Å². The maximum absolute atomic E-state index is 11.4. The van der Waals surface area contributed by atoms with Crippen molar-refractivity contribution in [2.75, 3.05) is 13.7 Å². The minimum atomic E-state index is -0.771. The number of nitrogens with zero attached hydrogens (tertiary/aromatic N) is 1. The third-order valence-electron chi connectivity index (χ3n) is 3.84. The van der Waals surface area contributed by atoms with Crippen LogP contribution in [0.2, 0.25) is 5.02 Å². The molecule has 104 valence electrons. The van der Waals surface area contributed by atoms with Gasteiger partial charge in [-0.1, -0.05) is 17.7 Å². The summed E-state index contributed by atoms with van der Waals surface area (Å²) in [6, 6.07) is 5.57.